The van der Waals surface area contributed by atoms with Gasteiger partial charge in [0.15, 0.2) is 9.84 Å². The van der Waals surface area contributed by atoms with E-state index in [0.29, 0.717) is 17.4 Å². The molecule has 0 amide bonds. The molecule has 21 heavy (non-hydrogen) atoms. The van der Waals surface area contributed by atoms with E-state index in [1.165, 1.54) is 11.5 Å². The van der Waals surface area contributed by atoms with Crippen LogP contribution < -0.4 is 4.90 Å². The van der Waals surface area contributed by atoms with Gasteiger partial charge in [-0.2, -0.15) is 4.37 Å². The molecule has 1 aromatic rings. The summed E-state index contributed by atoms with van der Waals surface area (Å²) < 4.78 is 27.6. The third-order valence-corrected chi connectivity index (χ3v) is 6.80. The van der Waals surface area contributed by atoms with Crippen molar-refractivity contribution in [1.29, 1.82) is 0 Å². The first kappa shape index (κ1) is 15.2. The normalized spacial score (nSPS) is 26.6. The molecule has 3 heterocycles. The predicted octanol–water partition coefficient (Wildman–Crippen LogP) is 0.971. The first-order valence-corrected chi connectivity index (χ1v) is 10.1. The zero-order valence-corrected chi connectivity index (χ0v) is 14.2. The molecule has 0 radical (unpaired) electrons. The van der Waals surface area contributed by atoms with E-state index in [4.69, 9.17) is 0 Å². The number of nitrogens with zero attached hydrogens (tertiary/aromatic N) is 4. The maximum Gasteiger partial charge on any atom is 0.205 e. The summed E-state index contributed by atoms with van der Waals surface area (Å²) in [5, 5.41) is 0.998. The van der Waals surface area contributed by atoms with Gasteiger partial charge in [0.05, 0.1) is 11.5 Å². The summed E-state index contributed by atoms with van der Waals surface area (Å²) >= 11 is 1.47. The van der Waals surface area contributed by atoms with Crippen molar-refractivity contribution in [2.24, 2.45) is 0 Å². The quantitative estimate of drug-likeness (QED) is 0.823. The van der Waals surface area contributed by atoms with E-state index in [1.54, 1.807) is 0 Å². The molecule has 6 nitrogen and oxygen atoms in total. The predicted molar refractivity (Wildman–Crippen MR) is 84.8 cm³/mol. The van der Waals surface area contributed by atoms with Crippen LogP contribution >= 0.6 is 11.5 Å². The fourth-order valence-corrected chi connectivity index (χ4v) is 5.55. The molecule has 118 valence electrons. The lowest BCUT2D eigenvalue weighted by Crippen LogP contribution is -2.50. The summed E-state index contributed by atoms with van der Waals surface area (Å²) in [4.78, 5) is 9.19. The van der Waals surface area contributed by atoms with Crippen LogP contribution in [-0.4, -0.2) is 66.4 Å². The van der Waals surface area contributed by atoms with Crippen LogP contribution in [0.1, 0.15) is 32.0 Å². The number of anilines is 1. The highest BCUT2D eigenvalue weighted by molar-refractivity contribution is 7.91. The zero-order chi connectivity index (χ0) is 15.0. The molecule has 0 spiro atoms. The van der Waals surface area contributed by atoms with Crippen LogP contribution in [0.15, 0.2) is 0 Å². The van der Waals surface area contributed by atoms with E-state index in [0.717, 1.165) is 43.6 Å². The second kappa shape index (κ2) is 5.81. The van der Waals surface area contributed by atoms with Crippen LogP contribution in [0.5, 0.6) is 0 Å². The molecule has 0 unspecified atom stereocenters. The Morgan fingerprint density at radius 1 is 1.24 bits per heavy atom. The summed E-state index contributed by atoms with van der Waals surface area (Å²) in [6.45, 7) is 7.84. The average Bonchev–Trinajstić information content (AvgIpc) is 3.05. The number of hydrogen-bond donors (Lipinski definition) is 0. The number of sulfone groups is 1. The molecular weight excluding hydrogens is 308 g/mol. The van der Waals surface area contributed by atoms with Crippen molar-refractivity contribution in [3.63, 3.8) is 0 Å². The second-order valence-electron chi connectivity index (χ2n) is 6.17. The van der Waals surface area contributed by atoms with E-state index in [-0.39, 0.29) is 6.04 Å². The molecule has 2 saturated heterocycles. The van der Waals surface area contributed by atoms with Crippen LogP contribution in [0.4, 0.5) is 5.13 Å². The average molecular weight is 330 g/mol. The van der Waals surface area contributed by atoms with Crippen molar-refractivity contribution in [1.82, 2.24) is 14.3 Å². The third kappa shape index (κ3) is 3.37. The minimum absolute atomic E-state index is 0.220. The summed E-state index contributed by atoms with van der Waals surface area (Å²) in [7, 11) is -2.79. The van der Waals surface area contributed by atoms with Gasteiger partial charge < -0.3 is 4.90 Å². The van der Waals surface area contributed by atoms with Crippen molar-refractivity contribution >= 4 is 26.5 Å². The molecule has 2 aliphatic heterocycles. The highest BCUT2D eigenvalue weighted by Crippen LogP contribution is 2.24. The lowest BCUT2D eigenvalue weighted by atomic mass is 10.2. The van der Waals surface area contributed by atoms with Crippen molar-refractivity contribution in [2.75, 3.05) is 42.6 Å². The fourth-order valence-electron chi connectivity index (χ4n) is 2.93. The number of piperazine rings is 1. The van der Waals surface area contributed by atoms with Gasteiger partial charge in [0.1, 0.15) is 5.82 Å². The topological polar surface area (TPSA) is 66.4 Å². The van der Waals surface area contributed by atoms with Crippen molar-refractivity contribution < 1.29 is 8.42 Å². The Bertz CT molecular complexity index is 591. The third-order valence-electron chi connectivity index (χ3n) is 4.26. The van der Waals surface area contributed by atoms with Crippen LogP contribution in [0.3, 0.4) is 0 Å². The summed E-state index contributed by atoms with van der Waals surface area (Å²) in [6, 6.07) is 0.220. The van der Waals surface area contributed by atoms with Crippen molar-refractivity contribution in [3.05, 3.63) is 5.82 Å². The minimum atomic E-state index is -2.79. The number of rotatable bonds is 3. The molecule has 0 saturated carbocycles. The van der Waals surface area contributed by atoms with Gasteiger partial charge in [0.25, 0.3) is 0 Å². The Morgan fingerprint density at radius 2 is 1.95 bits per heavy atom. The van der Waals surface area contributed by atoms with Gasteiger partial charge in [0, 0.05) is 49.7 Å². The van der Waals surface area contributed by atoms with Gasteiger partial charge in [-0.1, -0.05) is 13.8 Å². The van der Waals surface area contributed by atoms with E-state index in [1.807, 2.05) is 0 Å². The lowest BCUT2D eigenvalue weighted by molar-refractivity contribution is 0.200. The van der Waals surface area contributed by atoms with Crippen molar-refractivity contribution in [2.45, 2.75) is 32.2 Å². The van der Waals surface area contributed by atoms with E-state index < -0.39 is 9.84 Å². The first-order chi connectivity index (χ1) is 9.94. The van der Waals surface area contributed by atoms with Gasteiger partial charge in [-0.25, -0.2) is 13.4 Å². The summed E-state index contributed by atoms with van der Waals surface area (Å²) in [5.41, 5.74) is 0. The minimum Gasteiger partial charge on any atom is -0.344 e. The molecule has 0 bridgehead atoms. The van der Waals surface area contributed by atoms with E-state index in [2.05, 4.69) is 33.0 Å². The van der Waals surface area contributed by atoms with Crippen LogP contribution in [-0.2, 0) is 9.84 Å². The van der Waals surface area contributed by atoms with Crippen LogP contribution in [0.2, 0.25) is 0 Å². The molecule has 1 atom stereocenters. The maximum absolute atomic E-state index is 11.6. The fraction of sp³-hybridized carbons (Fsp3) is 0.846. The largest absolute Gasteiger partial charge is 0.344 e. The molecule has 0 aliphatic carbocycles. The second-order valence-corrected chi connectivity index (χ2v) is 9.13. The standard InChI is InChI=1S/C13H22N4O2S2/c1-10(2)12-14-13(20-15-12)17-6-4-16(5-7-17)11-3-8-21(18,19)9-11/h10-11H,3-9H2,1-2H3/t11-/m0/s1. The molecule has 3 rings (SSSR count). The van der Waals surface area contributed by atoms with E-state index in [9.17, 15) is 8.42 Å². The summed E-state index contributed by atoms with van der Waals surface area (Å²) in [6.07, 6.45) is 0.790. The summed E-state index contributed by atoms with van der Waals surface area (Å²) in [5.74, 6) is 1.97. The Hall–Kier alpha value is -0.730. The molecule has 0 N–H and O–H groups in total. The molecule has 2 fully saturated rings. The Labute approximate surface area is 130 Å². The van der Waals surface area contributed by atoms with Gasteiger partial charge >= 0.3 is 0 Å². The SMILES string of the molecule is CC(C)c1nsc(N2CCN([C@H]3CCS(=O)(=O)C3)CC2)n1. The van der Waals surface area contributed by atoms with Crippen LogP contribution in [0, 0.1) is 0 Å². The Morgan fingerprint density at radius 3 is 2.48 bits per heavy atom. The van der Waals surface area contributed by atoms with Crippen molar-refractivity contribution in [3.8, 4) is 0 Å². The number of hydrogen-bond acceptors (Lipinski definition) is 7. The monoisotopic (exact) mass is 330 g/mol. The first-order valence-electron chi connectivity index (χ1n) is 7.47. The molecular formula is C13H22N4O2S2. The molecule has 8 heteroatoms. The molecule has 1 aromatic heterocycles. The van der Waals surface area contributed by atoms with Gasteiger partial charge in [-0.05, 0) is 6.42 Å². The zero-order valence-electron chi connectivity index (χ0n) is 12.5. The van der Waals surface area contributed by atoms with Gasteiger partial charge in [0.2, 0.25) is 5.13 Å². The Kier molecular flexibility index (Phi) is 4.20. The smallest absolute Gasteiger partial charge is 0.205 e. The lowest BCUT2D eigenvalue weighted by Gasteiger charge is -2.37. The van der Waals surface area contributed by atoms with Crippen LogP contribution in [0.25, 0.3) is 0 Å². The van der Waals surface area contributed by atoms with Gasteiger partial charge in [-0.3, -0.25) is 4.90 Å². The Balaban J connectivity index is 1.57. The highest BCUT2D eigenvalue weighted by Gasteiger charge is 2.34. The van der Waals surface area contributed by atoms with Gasteiger partial charge in [-0.15, -0.1) is 0 Å². The van der Waals surface area contributed by atoms with E-state index >= 15 is 0 Å². The highest BCUT2D eigenvalue weighted by atomic mass is 32.2. The number of aromatic nitrogens is 2. The molecule has 2 aliphatic rings. The maximum atomic E-state index is 11.6. The molecule has 0 aromatic carbocycles.